The highest BCUT2D eigenvalue weighted by atomic mass is 32.1. The van der Waals surface area contributed by atoms with Gasteiger partial charge in [0.05, 0.1) is 15.2 Å². The lowest BCUT2D eigenvalue weighted by Gasteiger charge is -2.18. The van der Waals surface area contributed by atoms with Crippen molar-refractivity contribution in [3.8, 4) is 0 Å². The van der Waals surface area contributed by atoms with Gasteiger partial charge in [-0.3, -0.25) is 4.79 Å². The molecule has 2 heterocycles. The highest BCUT2D eigenvalue weighted by Crippen LogP contribution is 2.32. The van der Waals surface area contributed by atoms with E-state index in [2.05, 4.69) is 22.2 Å². The van der Waals surface area contributed by atoms with Gasteiger partial charge >= 0.3 is 0 Å². The molecule has 0 saturated heterocycles. The summed E-state index contributed by atoms with van der Waals surface area (Å²) < 4.78 is 1.09. The number of H-pyrrole nitrogens is 1. The first kappa shape index (κ1) is 16.5. The number of hydrogen-bond donors (Lipinski definition) is 2. The molecule has 1 aliphatic rings. The van der Waals surface area contributed by atoms with Gasteiger partial charge < -0.3 is 10.3 Å². The van der Waals surface area contributed by atoms with Crippen LogP contribution in [0.25, 0.3) is 21.1 Å². The van der Waals surface area contributed by atoms with Gasteiger partial charge in [-0.25, -0.2) is 4.98 Å². The Balaban J connectivity index is 1.46. The molecular formula is C22H21N3OS. The molecule has 4 nitrogen and oxygen atoms in total. The fraction of sp³-hybridized carbons (Fsp3) is 0.273. The van der Waals surface area contributed by atoms with E-state index in [1.165, 1.54) is 23.1 Å². The molecule has 1 amide bonds. The van der Waals surface area contributed by atoms with Crippen molar-refractivity contribution in [2.24, 2.45) is 5.92 Å². The normalized spacial score (nSPS) is 16.6. The van der Waals surface area contributed by atoms with Gasteiger partial charge in [0.25, 0.3) is 5.91 Å². The summed E-state index contributed by atoms with van der Waals surface area (Å²) in [5, 5.41) is 5.26. The van der Waals surface area contributed by atoms with Crippen LogP contribution in [0.4, 0.5) is 5.69 Å². The third-order valence-corrected chi connectivity index (χ3v) is 6.38. The van der Waals surface area contributed by atoms with Crippen molar-refractivity contribution in [1.82, 2.24) is 9.97 Å². The van der Waals surface area contributed by atoms with Gasteiger partial charge in [-0.2, -0.15) is 0 Å². The van der Waals surface area contributed by atoms with E-state index in [4.69, 9.17) is 0 Å². The van der Waals surface area contributed by atoms with E-state index in [-0.39, 0.29) is 5.91 Å². The molecule has 1 unspecified atom stereocenters. The second kappa shape index (κ2) is 6.20. The molecule has 0 saturated carbocycles. The molecular weight excluding hydrogens is 354 g/mol. The fourth-order valence-corrected chi connectivity index (χ4v) is 4.92. The quantitative estimate of drug-likeness (QED) is 0.488. The van der Waals surface area contributed by atoms with E-state index >= 15 is 0 Å². The van der Waals surface area contributed by atoms with Crippen LogP contribution in [0.5, 0.6) is 0 Å². The number of aromatic nitrogens is 2. The summed E-state index contributed by atoms with van der Waals surface area (Å²) in [6.07, 6.45) is 3.41. The standard InChI is InChI=1S/C22H21N3OS/c1-12-3-6-18-16(9-12)17-10-14(4-7-19(17)25-18)22(26)24-15-5-8-20-21(11-15)27-13(2)23-20/h4-5,7-8,10-12,25H,3,6,9H2,1-2H3,(H,24,26). The zero-order chi connectivity index (χ0) is 18.5. The number of nitrogens with one attached hydrogen (secondary N) is 2. The maximum atomic E-state index is 12.8. The lowest BCUT2D eigenvalue weighted by atomic mass is 9.87. The predicted octanol–water partition coefficient (Wildman–Crippen LogP) is 5.46. The first-order chi connectivity index (χ1) is 13.1. The second-order valence-corrected chi connectivity index (χ2v) is 8.79. The van der Waals surface area contributed by atoms with Crippen molar-refractivity contribution in [1.29, 1.82) is 0 Å². The van der Waals surface area contributed by atoms with Crippen LogP contribution in [-0.4, -0.2) is 15.9 Å². The number of hydrogen-bond acceptors (Lipinski definition) is 3. The average molecular weight is 375 g/mol. The van der Waals surface area contributed by atoms with E-state index in [1.54, 1.807) is 11.3 Å². The second-order valence-electron chi connectivity index (χ2n) is 7.56. The summed E-state index contributed by atoms with van der Waals surface area (Å²) in [6, 6.07) is 11.8. The van der Waals surface area contributed by atoms with Gasteiger partial charge in [0.2, 0.25) is 0 Å². The summed E-state index contributed by atoms with van der Waals surface area (Å²) in [7, 11) is 0. The van der Waals surface area contributed by atoms with Gasteiger partial charge in [-0.05, 0) is 74.1 Å². The zero-order valence-electron chi connectivity index (χ0n) is 15.4. The average Bonchev–Trinajstić information content (AvgIpc) is 3.19. The smallest absolute Gasteiger partial charge is 0.255 e. The largest absolute Gasteiger partial charge is 0.358 e. The minimum Gasteiger partial charge on any atom is -0.358 e. The minimum atomic E-state index is -0.0729. The van der Waals surface area contributed by atoms with Gasteiger partial charge in [0.15, 0.2) is 0 Å². The van der Waals surface area contributed by atoms with E-state index in [9.17, 15) is 4.79 Å². The molecule has 2 N–H and O–H groups in total. The Morgan fingerprint density at radius 2 is 2.15 bits per heavy atom. The molecule has 1 aliphatic carbocycles. The van der Waals surface area contributed by atoms with E-state index < -0.39 is 0 Å². The Hall–Kier alpha value is -2.66. The van der Waals surface area contributed by atoms with E-state index in [0.29, 0.717) is 11.5 Å². The van der Waals surface area contributed by atoms with Gasteiger partial charge in [0.1, 0.15) is 0 Å². The molecule has 0 fully saturated rings. The summed E-state index contributed by atoms with van der Waals surface area (Å²) in [4.78, 5) is 20.8. The molecule has 27 heavy (non-hydrogen) atoms. The van der Waals surface area contributed by atoms with Crippen LogP contribution in [0, 0.1) is 12.8 Å². The number of thiazole rings is 1. The van der Waals surface area contributed by atoms with Crippen LogP contribution in [0.3, 0.4) is 0 Å². The lowest BCUT2D eigenvalue weighted by molar-refractivity contribution is 0.102. The predicted molar refractivity (Wildman–Crippen MR) is 112 cm³/mol. The summed E-state index contributed by atoms with van der Waals surface area (Å²) in [5.74, 6) is 0.625. The van der Waals surface area contributed by atoms with E-state index in [0.717, 1.165) is 39.3 Å². The summed E-state index contributed by atoms with van der Waals surface area (Å²) >= 11 is 1.64. The molecule has 2 aromatic heterocycles. The number of aryl methyl sites for hydroxylation is 2. The molecule has 5 rings (SSSR count). The molecule has 0 radical (unpaired) electrons. The Morgan fingerprint density at radius 3 is 3.04 bits per heavy atom. The Kier molecular flexibility index (Phi) is 3.79. The lowest BCUT2D eigenvalue weighted by Crippen LogP contribution is -2.12. The van der Waals surface area contributed by atoms with Crippen LogP contribution in [0.2, 0.25) is 0 Å². The number of benzene rings is 2. The topological polar surface area (TPSA) is 57.8 Å². The Labute approximate surface area is 161 Å². The Bertz CT molecular complexity index is 1190. The number of rotatable bonds is 2. The van der Waals surface area contributed by atoms with Crippen molar-refractivity contribution in [3.63, 3.8) is 0 Å². The highest BCUT2D eigenvalue weighted by Gasteiger charge is 2.20. The molecule has 1 atom stereocenters. The van der Waals surface area contributed by atoms with Crippen molar-refractivity contribution in [2.75, 3.05) is 5.32 Å². The molecule has 5 heteroatoms. The molecule has 4 aromatic rings. The third kappa shape index (κ3) is 2.92. The van der Waals surface area contributed by atoms with Crippen LogP contribution in [0.1, 0.15) is 40.0 Å². The molecule has 0 aliphatic heterocycles. The highest BCUT2D eigenvalue weighted by molar-refractivity contribution is 7.18. The molecule has 0 bridgehead atoms. The monoisotopic (exact) mass is 375 g/mol. The number of amides is 1. The minimum absolute atomic E-state index is 0.0729. The number of carbonyl (C=O) groups is 1. The van der Waals surface area contributed by atoms with Gasteiger partial charge in [-0.1, -0.05) is 6.92 Å². The summed E-state index contributed by atoms with van der Waals surface area (Å²) in [5.41, 5.74) is 6.34. The molecule has 2 aromatic carbocycles. The van der Waals surface area contributed by atoms with Crippen LogP contribution in [0.15, 0.2) is 36.4 Å². The van der Waals surface area contributed by atoms with Crippen molar-refractivity contribution in [3.05, 3.63) is 58.2 Å². The first-order valence-corrected chi connectivity index (χ1v) is 10.2. The van der Waals surface area contributed by atoms with Crippen molar-refractivity contribution < 1.29 is 4.79 Å². The Morgan fingerprint density at radius 1 is 1.26 bits per heavy atom. The molecule has 0 spiro atoms. The van der Waals surface area contributed by atoms with Crippen LogP contribution < -0.4 is 5.32 Å². The SMILES string of the molecule is Cc1nc2ccc(NC(=O)c3ccc4[nH]c5c(c4c3)CC(C)CC5)cc2s1. The maximum Gasteiger partial charge on any atom is 0.255 e. The molecule has 136 valence electrons. The van der Waals surface area contributed by atoms with Gasteiger partial charge in [-0.15, -0.1) is 11.3 Å². The maximum absolute atomic E-state index is 12.8. The van der Waals surface area contributed by atoms with Crippen molar-refractivity contribution in [2.45, 2.75) is 33.1 Å². The first-order valence-electron chi connectivity index (χ1n) is 9.39. The van der Waals surface area contributed by atoms with Gasteiger partial charge in [0, 0.05) is 27.8 Å². The van der Waals surface area contributed by atoms with Crippen LogP contribution >= 0.6 is 11.3 Å². The number of anilines is 1. The zero-order valence-corrected chi connectivity index (χ0v) is 16.2. The number of fused-ring (bicyclic) bond motifs is 4. The van der Waals surface area contributed by atoms with E-state index in [1.807, 2.05) is 43.3 Å². The number of aromatic amines is 1. The third-order valence-electron chi connectivity index (χ3n) is 5.45. The fourth-order valence-electron chi connectivity index (χ4n) is 4.05. The number of carbonyl (C=O) groups excluding carboxylic acids is 1. The number of nitrogens with zero attached hydrogens (tertiary/aromatic N) is 1. The van der Waals surface area contributed by atoms with Crippen molar-refractivity contribution >= 4 is 44.1 Å². The summed E-state index contributed by atoms with van der Waals surface area (Å²) in [6.45, 7) is 4.30. The van der Waals surface area contributed by atoms with Crippen LogP contribution in [-0.2, 0) is 12.8 Å².